The lowest BCUT2D eigenvalue weighted by molar-refractivity contribution is -0.120. The smallest absolute Gasteiger partial charge is 0.224 e. The third kappa shape index (κ3) is 3.28. The summed E-state index contributed by atoms with van der Waals surface area (Å²) in [6.07, 6.45) is 0.171. The van der Waals surface area contributed by atoms with Crippen LogP contribution in [0.25, 0.3) is 11.0 Å². The highest BCUT2D eigenvalue weighted by Gasteiger charge is 2.08. The third-order valence-electron chi connectivity index (χ3n) is 3.47. The molecule has 0 aliphatic carbocycles. The first-order chi connectivity index (χ1) is 10.6. The van der Waals surface area contributed by atoms with Gasteiger partial charge >= 0.3 is 0 Å². The van der Waals surface area contributed by atoms with E-state index < -0.39 is 0 Å². The van der Waals surface area contributed by atoms with Gasteiger partial charge in [-0.15, -0.1) is 0 Å². The predicted octanol–water partition coefficient (Wildman–Crippen LogP) is 3.00. The zero-order valence-corrected chi connectivity index (χ0v) is 12.8. The zero-order valence-electron chi connectivity index (χ0n) is 12.0. The maximum absolute atomic E-state index is 13.2. The van der Waals surface area contributed by atoms with E-state index in [-0.39, 0.29) is 18.1 Å². The monoisotopic (exact) mass is 315 g/mol. The van der Waals surface area contributed by atoms with Crippen molar-refractivity contribution in [3.05, 3.63) is 58.9 Å². The molecule has 1 amide bonds. The Morgan fingerprint density at radius 1 is 1.18 bits per heavy atom. The molecule has 1 N–H and O–H groups in total. The van der Waals surface area contributed by atoms with Gasteiger partial charge in [0.05, 0.1) is 18.1 Å². The molecule has 0 radical (unpaired) electrons. The molecule has 0 saturated carbocycles. The molecular formula is C16H14FN3OS. The fourth-order valence-corrected chi connectivity index (χ4v) is 2.72. The van der Waals surface area contributed by atoms with Crippen molar-refractivity contribution in [2.75, 3.05) is 0 Å². The molecule has 0 aliphatic rings. The van der Waals surface area contributed by atoms with Gasteiger partial charge in [-0.25, -0.2) is 4.39 Å². The lowest BCUT2D eigenvalue weighted by atomic mass is 10.1. The van der Waals surface area contributed by atoms with Gasteiger partial charge in [-0.2, -0.15) is 8.75 Å². The van der Waals surface area contributed by atoms with Crippen molar-refractivity contribution in [3.8, 4) is 0 Å². The number of fused-ring (bicyclic) bond motifs is 1. The molecule has 6 heteroatoms. The van der Waals surface area contributed by atoms with Crippen molar-refractivity contribution in [1.82, 2.24) is 14.1 Å². The second kappa shape index (κ2) is 6.19. The van der Waals surface area contributed by atoms with E-state index in [9.17, 15) is 9.18 Å². The molecule has 112 valence electrons. The number of hydrogen-bond donors (Lipinski definition) is 1. The predicted molar refractivity (Wildman–Crippen MR) is 84.1 cm³/mol. The number of nitrogens with one attached hydrogen (secondary N) is 1. The van der Waals surface area contributed by atoms with Crippen LogP contribution in [0.2, 0.25) is 0 Å². The van der Waals surface area contributed by atoms with Gasteiger partial charge in [0, 0.05) is 6.54 Å². The number of aromatic nitrogens is 2. The molecule has 0 unspecified atom stereocenters. The molecule has 0 spiro atoms. The first kappa shape index (κ1) is 14.6. The van der Waals surface area contributed by atoms with Gasteiger partial charge in [0.2, 0.25) is 5.91 Å². The van der Waals surface area contributed by atoms with E-state index in [0.717, 1.165) is 22.2 Å². The minimum atomic E-state index is -0.324. The average molecular weight is 315 g/mol. The van der Waals surface area contributed by atoms with E-state index in [1.54, 1.807) is 6.07 Å². The molecule has 3 rings (SSSR count). The van der Waals surface area contributed by atoms with Crippen LogP contribution < -0.4 is 5.32 Å². The molecule has 4 nitrogen and oxygen atoms in total. The van der Waals surface area contributed by atoms with Gasteiger partial charge in [0.15, 0.2) is 0 Å². The van der Waals surface area contributed by atoms with E-state index in [1.807, 2.05) is 25.1 Å². The lowest BCUT2D eigenvalue weighted by Crippen LogP contribution is -2.24. The summed E-state index contributed by atoms with van der Waals surface area (Å²) in [6.45, 7) is 2.28. The molecule has 1 aromatic heterocycles. The Kier molecular flexibility index (Phi) is 4.11. The number of carbonyl (C=O) groups is 1. The summed E-state index contributed by atoms with van der Waals surface area (Å²) < 4.78 is 21.5. The van der Waals surface area contributed by atoms with Gasteiger partial charge in [0.25, 0.3) is 0 Å². The molecule has 0 atom stereocenters. The van der Waals surface area contributed by atoms with Crippen molar-refractivity contribution in [2.45, 2.75) is 19.9 Å². The number of halogens is 1. The van der Waals surface area contributed by atoms with Crippen LogP contribution in [0.1, 0.15) is 16.7 Å². The largest absolute Gasteiger partial charge is 0.352 e. The highest BCUT2D eigenvalue weighted by Crippen LogP contribution is 2.14. The third-order valence-corrected chi connectivity index (χ3v) is 4.03. The van der Waals surface area contributed by atoms with E-state index >= 15 is 0 Å². The lowest BCUT2D eigenvalue weighted by Gasteiger charge is -2.08. The van der Waals surface area contributed by atoms with E-state index in [0.29, 0.717) is 12.1 Å². The Bertz CT molecular complexity index is 831. The number of nitrogens with zero attached hydrogens (tertiary/aromatic N) is 2. The Balaban J connectivity index is 1.63. The summed E-state index contributed by atoms with van der Waals surface area (Å²) in [5, 5.41) is 2.84. The molecule has 0 saturated heterocycles. The molecule has 0 aliphatic heterocycles. The second-order valence-electron chi connectivity index (χ2n) is 5.11. The second-order valence-corrected chi connectivity index (χ2v) is 5.64. The number of amides is 1. The van der Waals surface area contributed by atoms with Crippen LogP contribution in [0.5, 0.6) is 0 Å². The van der Waals surface area contributed by atoms with Crippen LogP contribution >= 0.6 is 11.7 Å². The molecule has 2 aromatic carbocycles. The summed E-state index contributed by atoms with van der Waals surface area (Å²) in [6, 6.07) is 10.2. The highest BCUT2D eigenvalue weighted by molar-refractivity contribution is 7.00. The summed E-state index contributed by atoms with van der Waals surface area (Å²) in [5.41, 5.74) is 4.26. The Morgan fingerprint density at radius 2 is 2.00 bits per heavy atom. The topological polar surface area (TPSA) is 54.9 Å². The van der Waals surface area contributed by atoms with Crippen LogP contribution in [0.3, 0.4) is 0 Å². The minimum Gasteiger partial charge on any atom is -0.352 e. The van der Waals surface area contributed by atoms with Crippen molar-refractivity contribution >= 4 is 28.7 Å². The van der Waals surface area contributed by atoms with Crippen LogP contribution in [-0.2, 0) is 17.8 Å². The van der Waals surface area contributed by atoms with Gasteiger partial charge in [0.1, 0.15) is 16.9 Å². The first-order valence-electron chi connectivity index (χ1n) is 6.85. The molecule has 22 heavy (non-hydrogen) atoms. The fraction of sp³-hybridized carbons (Fsp3) is 0.188. The SMILES string of the molecule is Cc1ccc(F)cc1CC(=O)NCc1ccc2nsnc2c1. The molecule has 3 aromatic rings. The zero-order chi connectivity index (χ0) is 15.5. The van der Waals surface area contributed by atoms with Crippen molar-refractivity contribution in [1.29, 1.82) is 0 Å². The van der Waals surface area contributed by atoms with Gasteiger partial charge < -0.3 is 5.32 Å². The maximum Gasteiger partial charge on any atom is 0.224 e. The van der Waals surface area contributed by atoms with E-state index in [4.69, 9.17) is 0 Å². The number of carbonyl (C=O) groups excluding carboxylic acids is 1. The molecular weight excluding hydrogens is 301 g/mol. The van der Waals surface area contributed by atoms with E-state index in [1.165, 1.54) is 23.9 Å². The number of aryl methyl sites for hydroxylation is 1. The first-order valence-corrected chi connectivity index (χ1v) is 7.58. The summed E-state index contributed by atoms with van der Waals surface area (Å²) in [4.78, 5) is 12.0. The summed E-state index contributed by atoms with van der Waals surface area (Å²) in [7, 11) is 0. The van der Waals surface area contributed by atoms with Crippen LogP contribution in [-0.4, -0.2) is 14.7 Å². The van der Waals surface area contributed by atoms with Crippen molar-refractivity contribution in [3.63, 3.8) is 0 Å². The van der Waals surface area contributed by atoms with Crippen LogP contribution in [0.15, 0.2) is 36.4 Å². The summed E-state index contributed by atoms with van der Waals surface area (Å²) >= 11 is 1.17. The fourth-order valence-electron chi connectivity index (χ4n) is 2.20. The Hall–Kier alpha value is -2.34. The quantitative estimate of drug-likeness (QED) is 0.805. The van der Waals surface area contributed by atoms with Gasteiger partial charge in [-0.1, -0.05) is 12.1 Å². The summed E-state index contributed by atoms with van der Waals surface area (Å²) in [5.74, 6) is -0.458. The number of hydrogen-bond acceptors (Lipinski definition) is 4. The van der Waals surface area contributed by atoms with Gasteiger partial charge in [-0.05, 0) is 47.9 Å². The van der Waals surface area contributed by atoms with Crippen molar-refractivity contribution < 1.29 is 9.18 Å². The van der Waals surface area contributed by atoms with Gasteiger partial charge in [-0.3, -0.25) is 4.79 Å². The Labute approximate surface area is 131 Å². The molecule has 0 fully saturated rings. The normalized spacial score (nSPS) is 10.8. The highest BCUT2D eigenvalue weighted by atomic mass is 32.1. The van der Waals surface area contributed by atoms with Crippen molar-refractivity contribution in [2.24, 2.45) is 0 Å². The van der Waals surface area contributed by atoms with E-state index in [2.05, 4.69) is 14.1 Å². The van der Waals surface area contributed by atoms with Crippen LogP contribution in [0.4, 0.5) is 4.39 Å². The maximum atomic E-state index is 13.2. The molecule has 0 bridgehead atoms. The average Bonchev–Trinajstić information content (AvgIpc) is 2.96. The Morgan fingerprint density at radius 3 is 2.86 bits per heavy atom. The number of benzene rings is 2. The number of rotatable bonds is 4. The van der Waals surface area contributed by atoms with Crippen LogP contribution in [0, 0.1) is 12.7 Å². The minimum absolute atomic E-state index is 0.134. The standard InChI is InChI=1S/C16H14FN3OS/c1-10-2-4-13(17)7-12(10)8-16(21)18-9-11-3-5-14-15(6-11)20-22-19-14/h2-7H,8-9H2,1H3,(H,18,21). The molecule has 1 heterocycles.